The summed E-state index contributed by atoms with van der Waals surface area (Å²) in [4.78, 5) is 22.2. The maximum Gasteiger partial charge on any atom is 0.252 e. The van der Waals surface area contributed by atoms with Crippen LogP contribution in [0.2, 0.25) is 0 Å². The highest BCUT2D eigenvalue weighted by Crippen LogP contribution is 2.51. The van der Waals surface area contributed by atoms with Gasteiger partial charge in [-0.05, 0) is 293 Å². The summed E-state index contributed by atoms with van der Waals surface area (Å²) in [5.74, 6) is 0. The van der Waals surface area contributed by atoms with Crippen LogP contribution in [-0.2, 0) is 75.8 Å². The maximum absolute atomic E-state index is 11.2. The van der Waals surface area contributed by atoms with Crippen LogP contribution in [0.3, 0.4) is 0 Å². The van der Waals surface area contributed by atoms with Gasteiger partial charge in [-0.25, -0.2) is 0 Å². The molecule has 0 heterocycles. The number of aryl methyl sites for hydroxylation is 6. The Bertz CT molecular complexity index is 4960. The fraction of sp³-hybridized carbons (Fsp3) is 0.245. The van der Waals surface area contributed by atoms with E-state index in [0.717, 1.165) is 75.9 Å². The fourth-order valence-corrected chi connectivity index (χ4v) is 16.4. The summed E-state index contributed by atoms with van der Waals surface area (Å²) in [6.45, 7) is 31.4. The van der Waals surface area contributed by atoms with E-state index in [1.165, 1.54) is 156 Å². The summed E-state index contributed by atoms with van der Waals surface area (Å²) >= 11 is 11.0. The molecule has 0 saturated carbocycles. The third kappa shape index (κ3) is 20.9. The molecule has 13 aromatic rings. The SMILES string of the molecule is CCc1c(C)c(-c2ccccc2)c(-c2ccccc2)c(C)c1CC.CCc1c(CC)c(-c2ccccc2)c(-c2ccccc2)c(-c2ccccc2)c1-c1ccccc1.CCc1ccc(-c2ccc(C(=O)Cl)cc2)cc1CC.CCc1ccc(C(C)(C)c2ccc(C(=O)Cl)cc2)cc1CC.CCc1ccc(CP)cc1CC. The van der Waals surface area contributed by atoms with Crippen molar-refractivity contribution in [2.75, 3.05) is 0 Å². The largest absolute Gasteiger partial charge is 0.276 e. The molecule has 0 spiro atoms. The molecule has 0 aliphatic rings. The van der Waals surface area contributed by atoms with Crippen LogP contribution in [0.25, 0.3) is 77.9 Å². The molecular weight excluding hydrogens is 1410 g/mol. The molecule has 1 unspecified atom stereocenters. The van der Waals surface area contributed by atoms with Gasteiger partial charge in [0.25, 0.3) is 10.5 Å². The van der Waals surface area contributed by atoms with Gasteiger partial charge < -0.3 is 0 Å². The van der Waals surface area contributed by atoms with E-state index in [1.54, 1.807) is 24.3 Å². The van der Waals surface area contributed by atoms with Crippen molar-refractivity contribution in [3.05, 3.63) is 380 Å². The number of halogens is 2. The van der Waals surface area contributed by atoms with Crippen LogP contribution >= 0.6 is 32.4 Å². The van der Waals surface area contributed by atoms with Gasteiger partial charge in [0.05, 0.1) is 0 Å². The monoisotopic (exact) mass is 1520 g/mol. The maximum atomic E-state index is 11.2. The second kappa shape index (κ2) is 42.0. The molecule has 111 heavy (non-hydrogen) atoms. The van der Waals surface area contributed by atoms with Crippen molar-refractivity contribution in [2.24, 2.45) is 0 Å². The predicted molar refractivity (Wildman–Crippen MR) is 486 cm³/mol. The summed E-state index contributed by atoms with van der Waals surface area (Å²) in [6.07, 6.45) is 11.7. The molecule has 568 valence electrons. The molecule has 1 atom stereocenters. The van der Waals surface area contributed by atoms with E-state index >= 15 is 0 Å². The molecule has 2 nitrogen and oxygen atoms in total. The lowest BCUT2D eigenvalue weighted by Gasteiger charge is -2.27. The first-order valence-corrected chi connectivity index (χ1v) is 41.8. The van der Waals surface area contributed by atoms with Gasteiger partial charge in [0.15, 0.2) is 0 Å². The normalized spacial score (nSPS) is 10.9. The van der Waals surface area contributed by atoms with Crippen molar-refractivity contribution in [3.8, 4) is 77.9 Å². The van der Waals surface area contributed by atoms with E-state index in [1.807, 2.05) is 24.3 Å². The Kier molecular flexibility index (Phi) is 32.3. The highest BCUT2D eigenvalue weighted by Gasteiger charge is 2.28. The fourth-order valence-electron chi connectivity index (χ4n) is 15.9. The topological polar surface area (TPSA) is 34.1 Å². The Morgan fingerprint density at radius 2 is 0.550 bits per heavy atom. The van der Waals surface area contributed by atoms with Crippen molar-refractivity contribution in [1.82, 2.24) is 0 Å². The molecule has 0 fully saturated rings. The Hall–Kier alpha value is -9.79. The van der Waals surface area contributed by atoms with E-state index in [-0.39, 0.29) is 5.41 Å². The molecule has 5 heteroatoms. The van der Waals surface area contributed by atoms with Gasteiger partial charge >= 0.3 is 0 Å². The number of rotatable bonds is 22. The smallest absolute Gasteiger partial charge is 0.252 e. The molecule has 0 aliphatic heterocycles. The summed E-state index contributed by atoms with van der Waals surface area (Å²) in [5, 5.41) is -0.827. The third-order valence-electron chi connectivity index (χ3n) is 22.0. The standard InChI is InChI=1S/C34H30.C24H26.C20H23ClO.C17H17ClO.C11H17P/c1-3-29-30(4-2)32(26-19-11-6-12-20-26)34(28-23-15-8-16-24-28)33(27-21-13-7-14-22-27)31(29)25-17-9-5-10-18-25;1-5-21-17(3)23(19-13-9-7-10-14-19)24(18(4)22(21)6-2)20-15-11-8-12-16-20;1-5-14-7-12-18(13-15(14)6-2)20(3,4)17-10-8-16(9-11-17)19(21)22;1-3-12-5-10-16(11-13(12)4-2)14-6-8-15(9-7-14)17(18)19;1-3-10-6-5-9(8-12)7-11(10)4-2/h5-24H,3-4H2,1-2H3;7-16H,5-6H2,1-4H3;7-13H,5-6H2,1-4H3;5-11H,3-4H2,1-2H3;5-7H,3-4,8,12H2,1-2H3. The molecule has 0 radical (unpaired) electrons. The minimum atomic E-state index is -0.415. The van der Waals surface area contributed by atoms with Gasteiger partial charge in [-0.2, -0.15) is 0 Å². The predicted octanol–water partition coefficient (Wildman–Crippen LogP) is 29.8. The highest BCUT2D eigenvalue weighted by molar-refractivity contribution is 7.15. The van der Waals surface area contributed by atoms with Crippen molar-refractivity contribution in [3.63, 3.8) is 0 Å². The minimum Gasteiger partial charge on any atom is -0.276 e. The zero-order chi connectivity index (χ0) is 79.6. The molecule has 13 aromatic carbocycles. The van der Waals surface area contributed by atoms with Gasteiger partial charge in [0, 0.05) is 16.5 Å². The Morgan fingerprint density at radius 1 is 0.270 bits per heavy atom. The molecule has 13 rings (SSSR count). The number of hydrogen-bond acceptors (Lipinski definition) is 2. The highest BCUT2D eigenvalue weighted by atomic mass is 35.5. The van der Waals surface area contributed by atoms with Crippen molar-refractivity contribution in [2.45, 2.75) is 173 Å². The molecule has 0 N–H and O–H groups in total. The summed E-state index contributed by atoms with van der Waals surface area (Å²) < 4.78 is 0. The minimum absolute atomic E-state index is 0.107. The average Bonchev–Trinajstić information content (AvgIpc) is 0.735. The lowest BCUT2D eigenvalue weighted by molar-refractivity contribution is 0.107. The molecule has 0 aromatic heterocycles. The lowest BCUT2D eigenvalue weighted by atomic mass is 9.76. The summed E-state index contributed by atoms with van der Waals surface area (Å²) in [6, 6.07) is 101. The van der Waals surface area contributed by atoms with Gasteiger partial charge in [-0.1, -0.05) is 344 Å². The van der Waals surface area contributed by atoms with Crippen LogP contribution < -0.4 is 0 Å². The Labute approximate surface area is 678 Å². The zero-order valence-corrected chi connectivity index (χ0v) is 70.7. The van der Waals surface area contributed by atoms with E-state index in [0.29, 0.717) is 11.1 Å². The van der Waals surface area contributed by atoms with E-state index in [2.05, 4.69) is 343 Å². The molecule has 0 aliphatic carbocycles. The summed E-state index contributed by atoms with van der Waals surface area (Å²) in [7, 11) is 2.77. The first-order valence-electron chi connectivity index (χ1n) is 40.2. The number of benzene rings is 13. The number of carbonyl (C=O) groups excluding carboxylic acids is 2. The summed E-state index contributed by atoms with van der Waals surface area (Å²) in [5.41, 5.74) is 40.5. The second-order valence-corrected chi connectivity index (χ2v) is 29.8. The van der Waals surface area contributed by atoms with Crippen molar-refractivity contribution in [1.29, 1.82) is 0 Å². The Balaban J connectivity index is 0.000000165. The van der Waals surface area contributed by atoms with Crippen LogP contribution in [-0.4, -0.2) is 10.5 Å². The van der Waals surface area contributed by atoms with Gasteiger partial charge in [0.1, 0.15) is 0 Å². The van der Waals surface area contributed by atoms with Gasteiger partial charge in [-0.15, -0.1) is 9.24 Å². The van der Waals surface area contributed by atoms with Gasteiger partial charge in [-0.3, -0.25) is 9.59 Å². The van der Waals surface area contributed by atoms with Crippen LogP contribution in [0.15, 0.2) is 285 Å². The van der Waals surface area contributed by atoms with Crippen molar-refractivity contribution >= 4 is 42.9 Å². The van der Waals surface area contributed by atoms with Crippen LogP contribution in [0.5, 0.6) is 0 Å². The third-order valence-corrected chi connectivity index (χ3v) is 22.9. The molecule has 0 bridgehead atoms. The van der Waals surface area contributed by atoms with Gasteiger partial charge in [0.2, 0.25) is 0 Å². The molecule has 0 saturated heterocycles. The van der Waals surface area contributed by atoms with E-state index < -0.39 is 10.5 Å². The second-order valence-electron chi connectivity index (χ2n) is 28.7. The first kappa shape index (κ1) is 85.2. The molecular formula is C106H113Cl2O2P. The van der Waals surface area contributed by atoms with Crippen LogP contribution in [0, 0.1) is 13.8 Å². The molecule has 0 amide bonds. The first-order chi connectivity index (χ1) is 53.9. The quantitative estimate of drug-likeness (QED) is 0.0501. The van der Waals surface area contributed by atoms with E-state index in [9.17, 15) is 9.59 Å². The van der Waals surface area contributed by atoms with E-state index in [4.69, 9.17) is 23.2 Å². The zero-order valence-electron chi connectivity index (χ0n) is 68.1. The van der Waals surface area contributed by atoms with Crippen LogP contribution in [0.4, 0.5) is 0 Å². The number of hydrogen-bond donors (Lipinski definition) is 0. The van der Waals surface area contributed by atoms with Crippen LogP contribution in [0.1, 0.15) is 187 Å². The van der Waals surface area contributed by atoms with Crippen molar-refractivity contribution < 1.29 is 9.59 Å². The Morgan fingerprint density at radius 3 is 0.874 bits per heavy atom. The average molecular weight is 1520 g/mol. The lowest BCUT2D eigenvalue weighted by Crippen LogP contribution is -2.19. The number of carbonyl (C=O) groups is 2.